The van der Waals surface area contributed by atoms with Gasteiger partial charge >= 0.3 is 0 Å². The lowest BCUT2D eigenvalue weighted by atomic mass is 9.94. The Labute approximate surface area is 227 Å². The first-order chi connectivity index (χ1) is 18.7. The van der Waals surface area contributed by atoms with Crippen LogP contribution in [0.4, 0.5) is 10.1 Å². The number of rotatable bonds is 7. The number of ketones is 1. The predicted octanol–water partition coefficient (Wildman–Crippen LogP) is 5.11. The Kier molecular flexibility index (Phi) is 7.28. The number of hydrogen-bond donors (Lipinski definition) is 1. The normalized spacial score (nSPS) is 18.3. The van der Waals surface area contributed by atoms with E-state index in [-0.39, 0.29) is 29.8 Å². The number of aliphatic hydroxyl groups is 1. The van der Waals surface area contributed by atoms with Crippen LogP contribution in [0.3, 0.4) is 0 Å². The monoisotopic (exact) mass is 530 g/mol. The van der Waals surface area contributed by atoms with Gasteiger partial charge in [0.05, 0.1) is 30.0 Å². The lowest BCUT2D eigenvalue weighted by Crippen LogP contribution is -2.31. The highest BCUT2D eigenvalue weighted by atomic mass is 19.1. The van der Waals surface area contributed by atoms with E-state index >= 15 is 0 Å². The number of likely N-dealkylation sites (N-methyl/N-ethyl adjacent to an activating group) is 1. The van der Waals surface area contributed by atoms with Gasteiger partial charge < -0.3 is 24.4 Å². The van der Waals surface area contributed by atoms with Crippen LogP contribution in [0.2, 0.25) is 0 Å². The van der Waals surface area contributed by atoms with E-state index in [0.29, 0.717) is 42.2 Å². The Hall–Kier alpha value is -4.33. The zero-order valence-electron chi connectivity index (χ0n) is 22.2. The van der Waals surface area contributed by atoms with Crippen LogP contribution in [0.1, 0.15) is 36.6 Å². The summed E-state index contributed by atoms with van der Waals surface area (Å²) in [5, 5.41) is 11.5. The minimum atomic E-state index is -0.802. The number of hydrogen-bond acceptors (Lipinski definition) is 6. The van der Waals surface area contributed by atoms with Crippen molar-refractivity contribution in [2.75, 3.05) is 31.6 Å². The topological polar surface area (TPSA) is 79.3 Å². The molecule has 1 unspecified atom stereocenters. The first-order valence-electron chi connectivity index (χ1n) is 13.0. The van der Waals surface area contributed by atoms with E-state index in [1.54, 1.807) is 54.6 Å². The number of anilines is 1. The molecule has 2 aliphatic heterocycles. The van der Waals surface area contributed by atoms with Crippen LogP contribution in [0, 0.1) is 5.82 Å². The Morgan fingerprint density at radius 2 is 1.79 bits per heavy atom. The third-order valence-corrected chi connectivity index (χ3v) is 6.99. The molecule has 0 aliphatic carbocycles. The molecule has 202 valence electrons. The summed E-state index contributed by atoms with van der Waals surface area (Å²) in [5.74, 6) is -0.672. The highest BCUT2D eigenvalue weighted by Crippen LogP contribution is 2.41. The molecule has 1 amide bonds. The van der Waals surface area contributed by atoms with Crippen molar-refractivity contribution in [2.45, 2.75) is 32.4 Å². The molecule has 1 atom stereocenters. The number of carbonyl (C=O) groups is 2. The molecule has 7 nitrogen and oxygen atoms in total. The SMILES string of the molecule is CC(C)Oc1ccc(C2/C(=C(/O)c3ccc4c(c3)N(C)CCO4)C(=O)C(=O)N2CCc2ccc(F)cc2)cc1. The third kappa shape index (κ3) is 5.32. The second-order valence-electron chi connectivity index (χ2n) is 10.1. The molecule has 39 heavy (non-hydrogen) atoms. The summed E-state index contributed by atoms with van der Waals surface area (Å²) in [6.07, 6.45) is 0.405. The lowest BCUT2D eigenvalue weighted by Gasteiger charge is -2.28. The van der Waals surface area contributed by atoms with Gasteiger partial charge in [0, 0.05) is 19.2 Å². The van der Waals surface area contributed by atoms with Crippen LogP contribution >= 0.6 is 0 Å². The van der Waals surface area contributed by atoms with E-state index in [1.165, 1.54) is 17.0 Å². The number of benzene rings is 3. The molecule has 0 saturated carbocycles. The number of fused-ring (bicyclic) bond motifs is 1. The zero-order chi connectivity index (χ0) is 27.7. The van der Waals surface area contributed by atoms with Crippen LogP contribution in [0.15, 0.2) is 72.3 Å². The fourth-order valence-corrected chi connectivity index (χ4v) is 5.01. The number of amides is 1. The highest BCUT2D eigenvalue weighted by Gasteiger charge is 2.46. The second kappa shape index (κ2) is 10.8. The van der Waals surface area contributed by atoms with Crippen molar-refractivity contribution in [1.29, 1.82) is 0 Å². The fourth-order valence-electron chi connectivity index (χ4n) is 5.01. The predicted molar refractivity (Wildman–Crippen MR) is 147 cm³/mol. The summed E-state index contributed by atoms with van der Waals surface area (Å²) < 4.78 is 24.9. The van der Waals surface area contributed by atoms with Crippen LogP contribution in [0.5, 0.6) is 11.5 Å². The van der Waals surface area contributed by atoms with Crippen molar-refractivity contribution < 1.29 is 28.6 Å². The summed E-state index contributed by atoms with van der Waals surface area (Å²) in [6, 6.07) is 17.7. The van der Waals surface area contributed by atoms with Crippen LogP contribution in [-0.2, 0) is 16.0 Å². The molecule has 5 rings (SSSR count). The van der Waals surface area contributed by atoms with Gasteiger partial charge in [-0.1, -0.05) is 24.3 Å². The van der Waals surface area contributed by atoms with E-state index in [4.69, 9.17) is 9.47 Å². The number of ether oxygens (including phenoxy) is 2. The molecular weight excluding hydrogens is 499 g/mol. The smallest absolute Gasteiger partial charge is 0.295 e. The minimum absolute atomic E-state index is 0.0108. The second-order valence-corrected chi connectivity index (χ2v) is 10.1. The first-order valence-corrected chi connectivity index (χ1v) is 13.0. The van der Waals surface area contributed by atoms with E-state index in [2.05, 4.69) is 0 Å². The molecule has 2 aliphatic rings. The molecule has 2 heterocycles. The Morgan fingerprint density at radius 3 is 2.49 bits per heavy atom. The summed E-state index contributed by atoms with van der Waals surface area (Å²) >= 11 is 0. The van der Waals surface area contributed by atoms with Crippen molar-refractivity contribution in [3.63, 3.8) is 0 Å². The van der Waals surface area contributed by atoms with Crippen molar-refractivity contribution in [1.82, 2.24) is 4.90 Å². The maximum absolute atomic E-state index is 13.4. The quantitative estimate of drug-likeness (QED) is 0.260. The van der Waals surface area contributed by atoms with Gasteiger partial charge in [-0.15, -0.1) is 0 Å². The van der Waals surface area contributed by atoms with Gasteiger partial charge in [-0.25, -0.2) is 4.39 Å². The zero-order valence-corrected chi connectivity index (χ0v) is 22.2. The number of aliphatic hydroxyl groups excluding tert-OH is 1. The van der Waals surface area contributed by atoms with E-state index in [9.17, 15) is 19.1 Å². The Bertz CT molecular complexity index is 1420. The average Bonchev–Trinajstić information content (AvgIpc) is 3.17. The standard InChI is InChI=1S/C31H31FN2O5/c1-19(2)39-24-11-6-21(7-12-24)28-27(29(35)22-8-13-26-25(18-22)33(3)16-17-38-26)30(36)31(37)34(28)15-14-20-4-9-23(32)10-5-20/h4-13,18-19,28,35H,14-17H2,1-3H3/b29-27-. The van der Waals surface area contributed by atoms with Crippen molar-refractivity contribution in [2.24, 2.45) is 0 Å². The molecule has 0 bridgehead atoms. The van der Waals surface area contributed by atoms with E-state index in [0.717, 1.165) is 11.3 Å². The minimum Gasteiger partial charge on any atom is -0.507 e. The van der Waals surface area contributed by atoms with Gasteiger partial charge in [0.25, 0.3) is 11.7 Å². The summed E-state index contributed by atoms with van der Waals surface area (Å²) in [7, 11) is 1.93. The van der Waals surface area contributed by atoms with E-state index < -0.39 is 17.7 Å². The molecule has 3 aromatic carbocycles. The molecule has 1 N–H and O–H groups in total. The summed E-state index contributed by atoms with van der Waals surface area (Å²) in [6.45, 7) is 5.32. The Balaban J connectivity index is 1.56. The number of Topliss-reactive ketones (excluding diaryl/α,β-unsaturated/α-hetero) is 1. The highest BCUT2D eigenvalue weighted by molar-refractivity contribution is 6.46. The molecule has 0 radical (unpaired) electrons. The maximum atomic E-state index is 13.4. The molecule has 8 heteroatoms. The summed E-state index contributed by atoms with van der Waals surface area (Å²) in [5.41, 5.74) is 2.74. The van der Waals surface area contributed by atoms with Crippen LogP contribution in [-0.4, -0.2) is 54.5 Å². The third-order valence-electron chi connectivity index (χ3n) is 6.99. The number of nitrogens with zero attached hydrogens (tertiary/aromatic N) is 2. The van der Waals surface area contributed by atoms with E-state index in [1.807, 2.05) is 25.8 Å². The number of halogens is 1. The molecule has 3 aromatic rings. The molecule has 0 aromatic heterocycles. The largest absolute Gasteiger partial charge is 0.507 e. The summed E-state index contributed by atoms with van der Waals surface area (Å²) in [4.78, 5) is 30.2. The van der Waals surface area contributed by atoms with Gasteiger partial charge in [0.1, 0.15) is 29.7 Å². The van der Waals surface area contributed by atoms with Crippen molar-refractivity contribution in [3.05, 3.63) is 94.8 Å². The van der Waals surface area contributed by atoms with Gasteiger partial charge in [0.15, 0.2) is 0 Å². The average molecular weight is 531 g/mol. The van der Waals surface area contributed by atoms with Gasteiger partial charge in [-0.05, 0) is 73.9 Å². The van der Waals surface area contributed by atoms with Crippen LogP contribution < -0.4 is 14.4 Å². The molecular formula is C31H31FN2O5. The molecule has 0 spiro atoms. The van der Waals surface area contributed by atoms with Gasteiger partial charge in [-0.3, -0.25) is 9.59 Å². The lowest BCUT2D eigenvalue weighted by molar-refractivity contribution is -0.139. The molecule has 1 saturated heterocycles. The van der Waals surface area contributed by atoms with Crippen LogP contribution in [0.25, 0.3) is 5.76 Å². The van der Waals surface area contributed by atoms with Crippen molar-refractivity contribution in [3.8, 4) is 11.5 Å². The maximum Gasteiger partial charge on any atom is 0.295 e. The molecule has 1 fully saturated rings. The fraction of sp³-hybridized carbons (Fsp3) is 0.290. The van der Waals surface area contributed by atoms with Crippen molar-refractivity contribution >= 4 is 23.1 Å². The van der Waals surface area contributed by atoms with Gasteiger partial charge in [-0.2, -0.15) is 0 Å². The van der Waals surface area contributed by atoms with Gasteiger partial charge in [0.2, 0.25) is 0 Å². The number of carbonyl (C=O) groups excluding carboxylic acids is 2. The first kappa shape index (κ1) is 26.3. The number of likely N-dealkylation sites (tertiary alicyclic amines) is 1. The Morgan fingerprint density at radius 1 is 1.08 bits per heavy atom.